The summed E-state index contributed by atoms with van der Waals surface area (Å²) in [4.78, 5) is 19.0. The zero-order chi connectivity index (χ0) is 22.2. The fraction of sp³-hybridized carbons (Fsp3) is 0.333. The second-order valence-corrected chi connectivity index (χ2v) is 8.24. The van der Waals surface area contributed by atoms with Crippen LogP contribution < -0.4 is 5.32 Å². The van der Waals surface area contributed by atoms with Crippen LogP contribution in [0.2, 0.25) is 0 Å². The van der Waals surface area contributed by atoms with E-state index in [-0.39, 0.29) is 17.5 Å². The van der Waals surface area contributed by atoms with E-state index in [4.69, 9.17) is 0 Å². The van der Waals surface area contributed by atoms with Crippen LogP contribution in [-0.4, -0.2) is 28.4 Å². The average molecular weight is 427 g/mol. The van der Waals surface area contributed by atoms with Crippen molar-refractivity contribution in [2.45, 2.75) is 38.9 Å². The second-order valence-electron chi connectivity index (χ2n) is 8.24. The molecular weight excluding hydrogens is 403 g/mol. The van der Waals surface area contributed by atoms with Gasteiger partial charge in [0.05, 0.1) is 11.1 Å². The number of nitrogens with one attached hydrogen (secondary N) is 1. The summed E-state index contributed by atoms with van der Waals surface area (Å²) in [6.45, 7) is 5.06. The van der Waals surface area contributed by atoms with Gasteiger partial charge in [0.25, 0.3) is 5.91 Å². The quantitative estimate of drug-likeness (QED) is 0.535. The van der Waals surface area contributed by atoms with Crippen LogP contribution in [0.25, 0.3) is 10.9 Å². The Hall–Kier alpha value is -3.09. The molecule has 0 saturated carbocycles. The molecule has 7 heteroatoms. The second kappa shape index (κ2) is 8.21. The van der Waals surface area contributed by atoms with Gasteiger partial charge < -0.3 is 10.2 Å². The molecular formula is C24H24F3N3O. The van der Waals surface area contributed by atoms with Crippen molar-refractivity contribution in [3.63, 3.8) is 0 Å². The summed E-state index contributed by atoms with van der Waals surface area (Å²) in [6.07, 6.45) is -0.874. The summed E-state index contributed by atoms with van der Waals surface area (Å²) in [5, 5.41) is 3.81. The Morgan fingerprint density at radius 3 is 2.55 bits per heavy atom. The first-order valence-electron chi connectivity index (χ1n) is 10.4. The summed E-state index contributed by atoms with van der Waals surface area (Å²) < 4.78 is 38.9. The standard InChI is InChI=1S/C24H24F3N3O/c1-15(2)22-4-3-13-30(22)23(31)16-5-8-18(9-6-16)29-20-11-12-28-21-14-17(24(25,26)27)7-10-19(20)21/h5-12,14-15,22H,3-4,13H2,1-2H3,(H,28,29). The zero-order valence-electron chi connectivity index (χ0n) is 17.4. The van der Waals surface area contributed by atoms with Crippen molar-refractivity contribution in [1.82, 2.24) is 9.88 Å². The molecule has 0 spiro atoms. The van der Waals surface area contributed by atoms with Crippen LogP contribution in [0.1, 0.15) is 42.6 Å². The van der Waals surface area contributed by atoms with Crippen LogP contribution in [0.3, 0.4) is 0 Å². The van der Waals surface area contributed by atoms with Gasteiger partial charge in [0.1, 0.15) is 0 Å². The number of alkyl halides is 3. The molecule has 1 aliphatic heterocycles. The van der Waals surface area contributed by atoms with Gasteiger partial charge in [0.15, 0.2) is 0 Å². The number of aromatic nitrogens is 1. The molecule has 4 nitrogen and oxygen atoms in total. The van der Waals surface area contributed by atoms with Crippen molar-refractivity contribution in [3.8, 4) is 0 Å². The average Bonchev–Trinajstić information content (AvgIpc) is 3.23. The number of rotatable bonds is 4. The molecule has 2 heterocycles. The Balaban J connectivity index is 1.54. The fourth-order valence-corrected chi connectivity index (χ4v) is 4.19. The summed E-state index contributed by atoms with van der Waals surface area (Å²) in [5.74, 6) is 0.460. The van der Waals surface area contributed by atoms with Gasteiger partial charge in [-0.3, -0.25) is 9.78 Å². The van der Waals surface area contributed by atoms with Crippen molar-refractivity contribution >= 4 is 28.2 Å². The Morgan fingerprint density at radius 1 is 1.13 bits per heavy atom. The smallest absolute Gasteiger partial charge is 0.355 e. The van der Waals surface area contributed by atoms with Gasteiger partial charge in [-0.25, -0.2) is 0 Å². The van der Waals surface area contributed by atoms with E-state index in [2.05, 4.69) is 24.1 Å². The Labute approximate surface area is 179 Å². The number of carbonyl (C=O) groups excluding carboxylic acids is 1. The molecule has 1 atom stereocenters. The van der Waals surface area contributed by atoms with Gasteiger partial charge in [0, 0.05) is 41.1 Å². The number of likely N-dealkylation sites (tertiary alicyclic amines) is 1. The molecule has 1 amide bonds. The first-order valence-corrected chi connectivity index (χ1v) is 10.4. The summed E-state index contributed by atoms with van der Waals surface area (Å²) >= 11 is 0. The van der Waals surface area contributed by atoms with E-state index in [1.165, 1.54) is 12.3 Å². The van der Waals surface area contributed by atoms with Crippen molar-refractivity contribution in [1.29, 1.82) is 0 Å². The number of fused-ring (bicyclic) bond motifs is 1. The lowest BCUT2D eigenvalue weighted by Crippen LogP contribution is -2.38. The maximum atomic E-state index is 13.0. The molecule has 4 rings (SSSR count). The highest BCUT2D eigenvalue weighted by molar-refractivity contribution is 5.96. The number of anilines is 2. The van der Waals surface area contributed by atoms with Gasteiger partial charge in [0.2, 0.25) is 0 Å². The summed E-state index contributed by atoms with van der Waals surface area (Å²) in [5.41, 5.74) is 1.56. The number of hydrogen-bond acceptors (Lipinski definition) is 3. The van der Waals surface area contributed by atoms with E-state index in [0.717, 1.165) is 37.2 Å². The van der Waals surface area contributed by atoms with Crippen LogP contribution in [0.5, 0.6) is 0 Å². The van der Waals surface area contributed by atoms with Crippen LogP contribution in [-0.2, 0) is 6.18 Å². The van der Waals surface area contributed by atoms with Crippen molar-refractivity contribution in [3.05, 3.63) is 65.9 Å². The molecule has 1 unspecified atom stereocenters. The molecule has 2 aromatic carbocycles. The molecule has 1 aromatic heterocycles. The van der Waals surface area contributed by atoms with E-state index in [1.54, 1.807) is 18.2 Å². The summed E-state index contributed by atoms with van der Waals surface area (Å²) in [6, 6.07) is 12.7. The summed E-state index contributed by atoms with van der Waals surface area (Å²) in [7, 11) is 0. The predicted octanol–water partition coefficient (Wildman–Crippen LogP) is 6.26. The number of hydrogen-bond donors (Lipinski definition) is 1. The molecule has 1 N–H and O–H groups in total. The monoisotopic (exact) mass is 427 g/mol. The van der Waals surface area contributed by atoms with Crippen molar-refractivity contribution < 1.29 is 18.0 Å². The predicted molar refractivity (Wildman–Crippen MR) is 115 cm³/mol. The first-order chi connectivity index (χ1) is 14.7. The number of pyridine rings is 1. The molecule has 162 valence electrons. The van der Waals surface area contributed by atoms with E-state index >= 15 is 0 Å². The largest absolute Gasteiger partial charge is 0.416 e. The molecule has 1 aliphatic rings. The first kappa shape index (κ1) is 21.2. The van der Waals surface area contributed by atoms with Gasteiger partial charge in [-0.05, 0) is 61.2 Å². The third-order valence-corrected chi connectivity index (χ3v) is 5.81. The Kier molecular flexibility index (Phi) is 5.60. The maximum absolute atomic E-state index is 13.0. The van der Waals surface area contributed by atoms with Gasteiger partial charge >= 0.3 is 6.18 Å². The minimum Gasteiger partial charge on any atom is -0.355 e. The lowest BCUT2D eigenvalue weighted by atomic mass is 10.0. The number of amides is 1. The highest BCUT2D eigenvalue weighted by Gasteiger charge is 2.32. The zero-order valence-corrected chi connectivity index (χ0v) is 17.4. The topological polar surface area (TPSA) is 45.2 Å². The van der Waals surface area contributed by atoms with E-state index in [9.17, 15) is 18.0 Å². The Morgan fingerprint density at radius 2 is 1.87 bits per heavy atom. The number of carbonyl (C=O) groups is 1. The number of nitrogens with zero attached hydrogens (tertiary/aromatic N) is 2. The van der Waals surface area contributed by atoms with E-state index < -0.39 is 11.7 Å². The third kappa shape index (κ3) is 4.36. The molecule has 0 aliphatic carbocycles. The third-order valence-electron chi connectivity index (χ3n) is 5.81. The van der Waals surface area contributed by atoms with Crippen molar-refractivity contribution in [2.75, 3.05) is 11.9 Å². The van der Waals surface area contributed by atoms with Crippen molar-refractivity contribution in [2.24, 2.45) is 5.92 Å². The molecule has 0 radical (unpaired) electrons. The number of benzene rings is 2. The molecule has 1 fully saturated rings. The fourth-order valence-electron chi connectivity index (χ4n) is 4.19. The van der Waals surface area contributed by atoms with Gasteiger partial charge in [-0.15, -0.1) is 0 Å². The Bertz CT molecular complexity index is 1090. The highest BCUT2D eigenvalue weighted by Crippen LogP contribution is 2.33. The molecule has 31 heavy (non-hydrogen) atoms. The van der Waals surface area contributed by atoms with Crippen LogP contribution >= 0.6 is 0 Å². The molecule has 0 bridgehead atoms. The van der Waals surface area contributed by atoms with Gasteiger partial charge in [-0.2, -0.15) is 13.2 Å². The molecule has 1 saturated heterocycles. The lowest BCUT2D eigenvalue weighted by molar-refractivity contribution is -0.137. The van der Waals surface area contributed by atoms with Gasteiger partial charge in [-0.1, -0.05) is 19.9 Å². The molecule has 3 aromatic rings. The van der Waals surface area contributed by atoms with Crippen LogP contribution in [0.4, 0.5) is 24.5 Å². The van der Waals surface area contributed by atoms with E-state index in [0.29, 0.717) is 22.6 Å². The minimum absolute atomic E-state index is 0.0387. The SMILES string of the molecule is CC(C)C1CCCN1C(=O)c1ccc(Nc2ccnc3cc(C(F)(F)F)ccc23)cc1. The highest BCUT2D eigenvalue weighted by atomic mass is 19.4. The maximum Gasteiger partial charge on any atom is 0.416 e. The lowest BCUT2D eigenvalue weighted by Gasteiger charge is -2.27. The minimum atomic E-state index is -4.41. The normalized spacial score (nSPS) is 16.8. The number of halogens is 3. The van der Waals surface area contributed by atoms with E-state index in [1.807, 2.05) is 17.0 Å². The van der Waals surface area contributed by atoms with Crippen LogP contribution in [0, 0.1) is 5.92 Å². The van der Waals surface area contributed by atoms with Crippen LogP contribution in [0.15, 0.2) is 54.7 Å².